The number of hydrogen-bond donors (Lipinski definition) is 1. The molecule has 37 heavy (non-hydrogen) atoms. The Balaban J connectivity index is 1.95. The van der Waals surface area contributed by atoms with Gasteiger partial charge in [0, 0.05) is 23.0 Å². The van der Waals surface area contributed by atoms with Gasteiger partial charge in [-0.2, -0.15) is 0 Å². The standard InChI is InChI=1S/C31H37BrN2O3/c1-21-12-10-11-15-25(21)19-34(28(35)20-37-26-16-22(2)29(32)23(3)17-26)27(30(36)33-31(4,5)6)18-24-13-8-7-9-14-24/h7-17,27H,18-20H2,1-6H3,(H,33,36)/t27-/m1/s1. The lowest BCUT2D eigenvalue weighted by Gasteiger charge is -2.34. The molecule has 0 aliphatic carbocycles. The molecular formula is C31H37BrN2O3. The Labute approximate surface area is 229 Å². The molecule has 3 aromatic carbocycles. The average Bonchev–Trinajstić information content (AvgIpc) is 2.83. The van der Waals surface area contributed by atoms with Gasteiger partial charge in [-0.05, 0) is 81.5 Å². The highest BCUT2D eigenvalue weighted by molar-refractivity contribution is 9.10. The summed E-state index contributed by atoms with van der Waals surface area (Å²) in [5.74, 6) is 0.196. The van der Waals surface area contributed by atoms with Crippen molar-refractivity contribution in [3.8, 4) is 5.75 Å². The third kappa shape index (κ3) is 8.19. The van der Waals surface area contributed by atoms with Gasteiger partial charge in [0.2, 0.25) is 5.91 Å². The van der Waals surface area contributed by atoms with Crippen LogP contribution in [0.25, 0.3) is 0 Å². The van der Waals surface area contributed by atoms with Crippen molar-refractivity contribution in [3.63, 3.8) is 0 Å². The number of ether oxygens (including phenoxy) is 1. The lowest BCUT2D eigenvalue weighted by molar-refractivity contribution is -0.143. The van der Waals surface area contributed by atoms with Gasteiger partial charge in [-0.1, -0.05) is 70.5 Å². The van der Waals surface area contributed by atoms with E-state index in [0.717, 1.165) is 32.3 Å². The number of amides is 2. The maximum absolute atomic E-state index is 13.8. The Morgan fingerprint density at radius 2 is 1.51 bits per heavy atom. The summed E-state index contributed by atoms with van der Waals surface area (Å²) < 4.78 is 6.99. The minimum Gasteiger partial charge on any atom is -0.484 e. The molecule has 0 saturated heterocycles. The van der Waals surface area contributed by atoms with Gasteiger partial charge in [-0.15, -0.1) is 0 Å². The number of halogens is 1. The lowest BCUT2D eigenvalue weighted by Crippen LogP contribution is -2.55. The fraction of sp³-hybridized carbons (Fsp3) is 0.355. The van der Waals surface area contributed by atoms with Crippen molar-refractivity contribution in [3.05, 3.63) is 99.0 Å². The van der Waals surface area contributed by atoms with E-state index in [0.29, 0.717) is 18.7 Å². The Kier molecular flexibility index (Phi) is 9.55. The van der Waals surface area contributed by atoms with E-state index in [1.54, 1.807) is 4.90 Å². The number of rotatable bonds is 9. The summed E-state index contributed by atoms with van der Waals surface area (Å²) in [5, 5.41) is 3.09. The molecule has 0 bridgehead atoms. The molecular weight excluding hydrogens is 528 g/mol. The Hall–Kier alpha value is -3.12. The molecule has 6 heteroatoms. The van der Waals surface area contributed by atoms with Crippen molar-refractivity contribution < 1.29 is 14.3 Å². The SMILES string of the molecule is Cc1ccccc1CN(C(=O)COc1cc(C)c(Br)c(C)c1)[C@H](Cc1ccccc1)C(=O)NC(C)(C)C. The van der Waals surface area contributed by atoms with E-state index in [1.165, 1.54) is 0 Å². The van der Waals surface area contributed by atoms with Crippen molar-refractivity contribution in [2.24, 2.45) is 0 Å². The largest absolute Gasteiger partial charge is 0.484 e. The minimum absolute atomic E-state index is 0.166. The summed E-state index contributed by atoms with van der Waals surface area (Å²) in [7, 11) is 0. The van der Waals surface area contributed by atoms with Crippen molar-refractivity contribution in [2.75, 3.05) is 6.61 Å². The summed E-state index contributed by atoms with van der Waals surface area (Å²) in [6, 6.07) is 20.9. The molecule has 0 aromatic heterocycles. The van der Waals surface area contributed by atoms with Gasteiger partial charge in [0.15, 0.2) is 6.61 Å². The molecule has 5 nitrogen and oxygen atoms in total. The number of carbonyl (C=O) groups excluding carboxylic acids is 2. The summed E-state index contributed by atoms with van der Waals surface area (Å²) in [4.78, 5) is 29.1. The first-order chi connectivity index (χ1) is 17.4. The third-order valence-electron chi connectivity index (χ3n) is 6.14. The molecule has 3 rings (SSSR count). The van der Waals surface area contributed by atoms with Crippen molar-refractivity contribution in [1.82, 2.24) is 10.2 Å². The van der Waals surface area contributed by atoms with Gasteiger partial charge >= 0.3 is 0 Å². The molecule has 0 aliphatic heterocycles. The summed E-state index contributed by atoms with van der Waals surface area (Å²) in [6.07, 6.45) is 0.400. The molecule has 1 N–H and O–H groups in total. The van der Waals surface area contributed by atoms with Crippen LogP contribution in [-0.4, -0.2) is 34.9 Å². The van der Waals surface area contributed by atoms with Gasteiger partial charge in [-0.25, -0.2) is 0 Å². The lowest BCUT2D eigenvalue weighted by atomic mass is 10.00. The number of nitrogens with zero attached hydrogens (tertiary/aromatic N) is 1. The summed E-state index contributed by atoms with van der Waals surface area (Å²) >= 11 is 3.58. The minimum atomic E-state index is -0.703. The zero-order valence-electron chi connectivity index (χ0n) is 22.6. The van der Waals surface area contributed by atoms with Gasteiger partial charge in [-0.3, -0.25) is 9.59 Å². The van der Waals surface area contributed by atoms with Crippen LogP contribution < -0.4 is 10.1 Å². The van der Waals surface area contributed by atoms with E-state index in [2.05, 4.69) is 21.2 Å². The van der Waals surface area contributed by atoms with Gasteiger partial charge < -0.3 is 15.0 Å². The molecule has 1 atom stereocenters. The Morgan fingerprint density at radius 1 is 0.919 bits per heavy atom. The second kappa shape index (κ2) is 12.4. The zero-order chi connectivity index (χ0) is 27.2. The number of aryl methyl sites for hydroxylation is 3. The first-order valence-electron chi connectivity index (χ1n) is 12.5. The number of benzene rings is 3. The Bertz CT molecular complexity index is 1210. The second-order valence-corrected chi connectivity index (χ2v) is 11.3. The summed E-state index contributed by atoms with van der Waals surface area (Å²) in [5.41, 5.74) is 4.67. The van der Waals surface area contributed by atoms with Crippen molar-refractivity contribution in [1.29, 1.82) is 0 Å². The van der Waals surface area contributed by atoms with E-state index in [9.17, 15) is 9.59 Å². The Morgan fingerprint density at radius 3 is 2.11 bits per heavy atom. The van der Waals surface area contributed by atoms with E-state index in [4.69, 9.17) is 4.74 Å². The van der Waals surface area contributed by atoms with Crippen molar-refractivity contribution >= 4 is 27.7 Å². The quantitative estimate of drug-likeness (QED) is 0.331. The monoisotopic (exact) mass is 564 g/mol. The first kappa shape index (κ1) is 28.5. The highest BCUT2D eigenvalue weighted by Gasteiger charge is 2.32. The molecule has 196 valence electrons. The van der Waals surface area contributed by atoms with Crippen molar-refractivity contribution in [2.45, 2.75) is 66.1 Å². The molecule has 0 saturated carbocycles. The van der Waals surface area contributed by atoms with Gasteiger partial charge in [0.1, 0.15) is 11.8 Å². The molecule has 0 heterocycles. The van der Waals surface area contributed by atoms with Crippen LogP contribution >= 0.6 is 15.9 Å². The first-order valence-corrected chi connectivity index (χ1v) is 13.3. The second-order valence-electron chi connectivity index (χ2n) is 10.6. The van der Waals surface area contributed by atoms with Crippen LogP contribution in [0.1, 0.15) is 48.6 Å². The molecule has 0 spiro atoms. The maximum atomic E-state index is 13.8. The van der Waals surface area contributed by atoms with Crippen LogP contribution in [0.2, 0.25) is 0 Å². The molecule has 2 amide bonds. The van der Waals surface area contributed by atoms with Gasteiger partial charge in [0.05, 0.1) is 0 Å². The van der Waals surface area contributed by atoms with Crippen LogP contribution in [0.15, 0.2) is 71.2 Å². The number of hydrogen-bond acceptors (Lipinski definition) is 3. The van der Waals surface area contributed by atoms with Crippen LogP contribution in [0, 0.1) is 20.8 Å². The van der Waals surface area contributed by atoms with Crippen LogP contribution in [0.3, 0.4) is 0 Å². The zero-order valence-corrected chi connectivity index (χ0v) is 24.2. The van der Waals surface area contributed by atoms with E-state index < -0.39 is 11.6 Å². The smallest absolute Gasteiger partial charge is 0.261 e. The molecule has 0 aliphatic rings. The van der Waals surface area contributed by atoms with E-state index >= 15 is 0 Å². The molecule has 3 aromatic rings. The third-order valence-corrected chi connectivity index (χ3v) is 7.39. The predicted octanol–water partition coefficient (Wildman–Crippen LogP) is 6.31. The number of carbonyl (C=O) groups is 2. The van der Waals surface area contributed by atoms with E-state index in [-0.39, 0.29) is 18.4 Å². The van der Waals surface area contributed by atoms with Gasteiger partial charge in [0.25, 0.3) is 5.91 Å². The predicted molar refractivity (Wildman–Crippen MR) is 153 cm³/mol. The number of nitrogens with one attached hydrogen (secondary N) is 1. The van der Waals surface area contributed by atoms with E-state index in [1.807, 2.05) is 108 Å². The van der Waals surface area contributed by atoms with Crippen LogP contribution in [-0.2, 0) is 22.6 Å². The highest BCUT2D eigenvalue weighted by Crippen LogP contribution is 2.26. The summed E-state index contributed by atoms with van der Waals surface area (Å²) in [6.45, 7) is 12.0. The van der Waals surface area contributed by atoms with Crippen LogP contribution in [0.5, 0.6) is 5.75 Å². The highest BCUT2D eigenvalue weighted by atomic mass is 79.9. The fourth-order valence-corrected chi connectivity index (χ4v) is 4.42. The molecule has 0 fully saturated rings. The fourth-order valence-electron chi connectivity index (χ4n) is 4.20. The molecule has 0 unspecified atom stereocenters. The van der Waals surface area contributed by atoms with Crippen LogP contribution in [0.4, 0.5) is 0 Å². The normalized spacial score (nSPS) is 12.1. The maximum Gasteiger partial charge on any atom is 0.261 e. The topological polar surface area (TPSA) is 58.6 Å². The molecule has 0 radical (unpaired) electrons. The average molecular weight is 566 g/mol.